The lowest BCUT2D eigenvalue weighted by Gasteiger charge is -2.18. The maximum atomic E-state index is 13.1. The molecule has 2 fully saturated rings. The van der Waals surface area contributed by atoms with Crippen molar-refractivity contribution in [2.45, 2.75) is 25.6 Å². The molecule has 2 aliphatic heterocycles. The number of ether oxygens (including phenoxy) is 1. The summed E-state index contributed by atoms with van der Waals surface area (Å²) in [7, 11) is 0. The second kappa shape index (κ2) is 4.35. The molecule has 96 valence electrons. The summed E-state index contributed by atoms with van der Waals surface area (Å²) in [5.41, 5.74) is 0.419. The molecule has 2 heterocycles. The van der Waals surface area contributed by atoms with Crippen LogP contribution in [0, 0.1) is 11.7 Å². The molecule has 0 unspecified atom stereocenters. The predicted octanol–water partition coefficient (Wildman–Crippen LogP) is 2.08. The number of carbonyl (C=O) groups excluding carboxylic acids is 1. The molecule has 3 atom stereocenters. The van der Waals surface area contributed by atoms with Gasteiger partial charge in [0, 0.05) is 24.6 Å². The Balaban J connectivity index is 1.72. The van der Waals surface area contributed by atoms with Crippen LogP contribution in [0.2, 0.25) is 0 Å². The van der Waals surface area contributed by atoms with Crippen LogP contribution in [0.5, 0.6) is 0 Å². The highest BCUT2D eigenvalue weighted by molar-refractivity contribution is 5.94. The number of rotatable bonds is 1. The van der Waals surface area contributed by atoms with E-state index in [4.69, 9.17) is 4.74 Å². The van der Waals surface area contributed by atoms with Crippen molar-refractivity contribution in [3.05, 3.63) is 35.6 Å². The van der Waals surface area contributed by atoms with Crippen LogP contribution in [-0.4, -0.2) is 36.1 Å². The number of fused-ring (bicyclic) bond motifs is 1. The largest absolute Gasteiger partial charge is 0.373 e. The van der Waals surface area contributed by atoms with Crippen LogP contribution in [0.4, 0.5) is 4.39 Å². The van der Waals surface area contributed by atoms with E-state index >= 15 is 0 Å². The molecule has 1 amide bonds. The highest BCUT2D eigenvalue weighted by Crippen LogP contribution is 2.33. The Morgan fingerprint density at radius 2 is 2.28 bits per heavy atom. The summed E-state index contributed by atoms with van der Waals surface area (Å²) >= 11 is 0. The second-order valence-corrected chi connectivity index (χ2v) is 5.20. The molecule has 0 spiro atoms. The average Bonchev–Trinajstić information content (AvgIpc) is 2.85. The van der Waals surface area contributed by atoms with Gasteiger partial charge in [-0.1, -0.05) is 6.07 Å². The Kier molecular flexibility index (Phi) is 2.82. The Bertz CT molecular complexity index is 463. The molecule has 18 heavy (non-hydrogen) atoms. The fraction of sp³-hybridized carbons (Fsp3) is 0.500. The molecule has 0 saturated carbocycles. The van der Waals surface area contributed by atoms with Gasteiger partial charge in [0.1, 0.15) is 5.82 Å². The predicted molar refractivity (Wildman–Crippen MR) is 64.7 cm³/mol. The maximum Gasteiger partial charge on any atom is 0.254 e. The molecule has 0 bridgehead atoms. The summed E-state index contributed by atoms with van der Waals surface area (Å²) in [4.78, 5) is 14.0. The van der Waals surface area contributed by atoms with Crippen LogP contribution in [0.25, 0.3) is 0 Å². The first-order valence-corrected chi connectivity index (χ1v) is 6.34. The summed E-state index contributed by atoms with van der Waals surface area (Å²) in [6.45, 7) is 3.42. The zero-order chi connectivity index (χ0) is 12.7. The van der Waals surface area contributed by atoms with Crippen molar-refractivity contribution in [3.8, 4) is 0 Å². The summed E-state index contributed by atoms with van der Waals surface area (Å²) < 4.78 is 18.9. The van der Waals surface area contributed by atoms with Gasteiger partial charge in [-0.05, 0) is 31.5 Å². The summed E-state index contributed by atoms with van der Waals surface area (Å²) in [5.74, 6) is -0.0252. The van der Waals surface area contributed by atoms with Crippen molar-refractivity contribution in [2.75, 3.05) is 13.1 Å². The van der Waals surface area contributed by atoms with Crippen molar-refractivity contribution in [1.29, 1.82) is 0 Å². The summed E-state index contributed by atoms with van der Waals surface area (Å²) in [5, 5.41) is 0. The van der Waals surface area contributed by atoms with Crippen LogP contribution >= 0.6 is 0 Å². The molecule has 3 nitrogen and oxygen atoms in total. The number of hydrogen-bond donors (Lipinski definition) is 0. The molecule has 1 aromatic carbocycles. The van der Waals surface area contributed by atoms with E-state index in [1.54, 1.807) is 17.0 Å². The molecule has 0 N–H and O–H groups in total. The van der Waals surface area contributed by atoms with E-state index < -0.39 is 0 Å². The number of amides is 1. The van der Waals surface area contributed by atoms with Crippen LogP contribution in [0.1, 0.15) is 23.7 Å². The molecule has 1 aromatic rings. The SMILES string of the molecule is C[C@@H]1C[C@H]2CN(C(=O)c3cccc(F)c3)C[C@H]2O1. The molecule has 2 saturated heterocycles. The second-order valence-electron chi connectivity index (χ2n) is 5.20. The molecule has 3 rings (SSSR count). The van der Waals surface area contributed by atoms with Crippen molar-refractivity contribution in [2.24, 2.45) is 5.92 Å². The van der Waals surface area contributed by atoms with E-state index in [-0.39, 0.29) is 17.8 Å². The molecule has 0 aromatic heterocycles. The molecular weight excluding hydrogens is 233 g/mol. The van der Waals surface area contributed by atoms with E-state index in [1.807, 2.05) is 0 Å². The lowest BCUT2D eigenvalue weighted by molar-refractivity contribution is 0.0443. The van der Waals surface area contributed by atoms with E-state index in [0.29, 0.717) is 24.1 Å². The Morgan fingerprint density at radius 3 is 3.00 bits per heavy atom. The van der Waals surface area contributed by atoms with Gasteiger partial charge in [-0.2, -0.15) is 0 Å². The Hall–Kier alpha value is -1.42. The molecular formula is C14H16FNO2. The van der Waals surface area contributed by atoms with Crippen molar-refractivity contribution >= 4 is 5.91 Å². The van der Waals surface area contributed by atoms with Crippen molar-refractivity contribution in [1.82, 2.24) is 4.90 Å². The van der Waals surface area contributed by atoms with E-state index in [1.165, 1.54) is 12.1 Å². The van der Waals surface area contributed by atoms with Gasteiger partial charge in [-0.15, -0.1) is 0 Å². The Labute approximate surface area is 106 Å². The minimum absolute atomic E-state index is 0.0971. The van der Waals surface area contributed by atoms with Gasteiger partial charge in [0.2, 0.25) is 0 Å². The van der Waals surface area contributed by atoms with Crippen molar-refractivity contribution < 1.29 is 13.9 Å². The monoisotopic (exact) mass is 249 g/mol. The van der Waals surface area contributed by atoms with Gasteiger partial charge < -0.3 is 9.64 Å². The minimum Gasteiger partial charge on any atom is -0.373 e. The van der Waals surface area contributed by atoms with Crippen molar-refractivity contribution in [3.63, 3.8) is 0 Å². The summed E-state index contributed by atoms with van der Waals surface area (Å²) in [6.07, 6.45) is 1.47. The van der Waals surface area contributed by atoms with Gasteiger partial charge >= 0.3 is 0 Å². The maximum absolute atomic E-state index is 13.1. The van der Waals surface area contributed by atoms with Gasteiger partial charge in [-0.25, -0.2) is 4.39 Å². The lowest BCUT2D eigenvalue weighted by Crippen LogP contribution is -2.31. The average molecular weight is 249 g/mol. The molecule has 0 radical (unpaired) electrons. The number of benzene rings is 1. The highest BCUT2D eigenvalue weighted by atomic mass is 19.1. The van der Waals surface area contributed by atoms with Crippen LogP contribution in [0.15, 0.2) is 24.3 Å². The van der Waals surface area contributed by atoms with Gasteiger partial charge in [-0.3, -0.25) is 4.79 Å². The number of hydrogen-bond acceptors (Lipinski definition) is 2. The normalized spacial score (nSPS) is 30.6. The zero-order valence-corrected chi connectivity index (χ0v) is 10.3. The van der Waals surface area contributed by atoms with E-state index in [0.717, 1.165) is 13.0 Å². The first kappa shape index (κ1) is 11.7. The van der Waals surface area contributed by atoms with Gasteiger partial charge in [0.25, 0.3) is 5.91 Å². The van der Waals surface area contributed by atoms with Gasteiger partial charge in [0.05, 0.1) is 12.2 Å². The first-order valence-electron chi connectivity index (χ1n) is 6.34. The lowest BCUT2D eigenvalue weighted by atomic mass is 10.0. The number of likely N-dealkylation sites (tertiary alicyclic amines) is 1. The minimum atomic E-state index is -0.370. The Morgan fingerprint density at radius 1 is 1.44 bits per heavy atom. The van der Waals surface area contributed by atoms with Crippen LogP contribution in [0.3, 0.4) is 0 Å². The van der Waals surface area contributed by atoms with Crippen LogP contribution < -0.4 is 0 Å². The zero-order valence-electron chi connectivity index (χ0n) is 10.3. The molecule has 0 aliphatic carbocycles. The standard InChI is InChI=1S/C14H16FNO2/c1-9-5-11-7-16(8-13(11)18-9)14(17)10-3-2-4-12(15)6-10/h2-4,6,9,11,13H,5,7-8H2,1H3/t9-,11+,13-/m1/s1. The fourth-order valence-corrected chi connectivity index (χ4v) is 2.97. The quantitative estimate of drug-likeness (QED) is 0.762. The van der Waals surface area contributed by atoms with E-state index in [9.17, 15) is 9.18 Å². The fourth-order valence-electron chi connectivity index (χ4n) is 2.97. The smallest absolute Gasteiger partial charge is 0.254 e. The summed E-state index contributed by atoms with van der Waals surface area (Å²) in [6, 6.07) is 5.86. The van der Waals surface area contributed by atoms with Gasteiger partial charge in [0.15, 0.2) is 0 Å². The topological polar surface area (TPSA) is 29.5 Å². The number of halogens is 1. The first-order chi connectivity index (χ1) is 8.63. The number of nitrogens with zero attached hydrogens (tertiary/aromatic N) is 1. The molecule has 2 aliphatic rings. The van der Waals surface area contributed by atoms with Crippen LogP contribution in [-0.2, 0) is 4.74 Å². The highest BCUT2D eigenvalue weighted by Gasteiger charge is 2.42. The van der Waals surface area contributed by atoms with E-state index in [2.05, 4.69) is 6.92 Å². The third-order valence-corrected chi connectivity index (χ3v) is 3.78. The third-order valence-electron chi connectivity index (χ3n) is 3.78. The number of carbonyl (C=O) groups is 1. The third kappa shape index (κ3) is 2.01. The molecule has 4 heteroatoms.